The monoisotopic (exact) mass is 412 g/mol. The molecular weight excluding hydrogens is 393 g/mol. The molecule has 2 fully saturated rings. The highest BCUT2D eigenvalue weighted by Crippen LogP contribution is 2.41. The highest BCUT2D eigenvalue weighted by molar-refractivity contribution is 7.89. The van der Waals surface area contributed by atoms with Crippen molar-refractivity contribution in [1.29, 1.82) is 0 Å². The maximum atomic E-state index is 13.1. The molecule has 28 heavy (non-hydrogen) atoms. The molecule has 2 bridgehead atoms. The third kappa shape index (κ3) is 3.60. The lowest BCUT2D eigenvalue weighted by molar-refractivity contribution is -0.137. The number of rotatable bonds is 4. The Kier molecular flexibility index (Phi) is 4.83. The predicted molar refractivity (Wildman–Crippen MR) is 95.2 cm³/mol. The molecule has 0 N–H and O–H groups in total. The van der Waals surface area contributed by atoms with Gasteiger partial charge in [0.25, 0.3) is 0 Å². The zero-order valence-electron chi connectivity index (χ0n) is 14.8. The van der Waals surface area contributed by atoms with Crippen molar-refractivity contribution in [2.75, 3.05) is 0 Å². The number of aromatic nitrogens is 1. The van der Waals surface area contributed by atoms with Crippen molar-refractivity contribution in [2.24, 2.45) is 0 Å². The number of sulfonamides is 1. The molecule has 2 atom stereocenters. The van der Waals surface area contributed by atoms with E-state index in [0.717, 1.165) is 37.1 Å². The van der Waals surface area contributed by atoms with Crippen LogP contribution in [-0.2, 0) is 16.2 Å². The molecular formula is C19H19F3N2O3S. The number of alkyl halides is 3. The van der Waals surface area contributed by atoms with Crippen LogP contribution in [0.4, 0.5) is 13.2 Å². The highest BCUT2D eigenvalue weighted by atomic mass is 32.2. The first-order chi connectivity index (χ1) is 13.2. The van der Waals surface area contributed by atoms with Gasteiger partial charge in [-0.15, -0.1) is 0 Å². The first kappa shape index (κ1) is 19.2. The van der Waals surface area contributed by atoms with E-state index >= 15 is 0 Å². The maximum absolute atomic E-state index is 13.1. The summed E-state index contributed by atoms with van der Waals surface area (Å²) in [6, 6.07) is 6.80. The maximum Gasteiger partial charge on any atom is 0.416 e. The lowest BCUT2D eigenvalue weighted by atomic mass is 10.0. The average Bonchev–Trinajstić information content (AvgIpc) is 2.94. The van der Waals surface area contributed by atoms with Crippen LogP contribution in [0.3, 0.4) is 0 Å². The number of fused-ring (bicyclic) bond motifs is 2. The van der Waals surface area contributed by atoms with E-state index < -0.39 is 21.8 Å². The number of pyridine rings is 1. The van der Waals surface area contributed by atoms with Crippen LogP contribution in [0.2, 0.25) is 0 Å². The molecule has 5 nitrogen and oxygen atoms in total. The molecule has 0 radical (unpaired) electrons. The summed E-state index contributed by atoms with van der Waals surface area (Å²) in [5, 5.41) is 0. The molecule has 2 aliphatic heterocycles. The first-order valence-electron chi connectivity index (χ1n) is 9.02. The van der Waals surface area contributed by atoms with Crippen molar-refractivity contribution in [2.45, 2.75) is 54.9 Å². The standard InChI is InChI=1S/C19H19F3N2O3S/c20-19(21,22)13-1-5-18(6-2-13)28(25,26)24-14-3-4-15(24)12-17(11-14)27-16-7-9-23-10-8-16/h1-2,5-10,14-15,17H,3-4,11-12H2. The van der Waals surface area contributed by atoms with Gasteiger partial charge in [0.1, 0.15) is 11.9 Å². The van der Waals surface area contributed by atoms with E-state index in [1.165, 1.54) is 4.31 Å². The Morgan fingerprint density at radius 1 is 0.964 bits per heavy atom. The topological polar surface area (TPSA) is 59.5 Å². The van der Waals surface area contributed by atoms with Crippen molar-refractivity contribution in [3.8, 4) is 5.75 Å². The van der Waals surface area contributed by atoms with Gasteiger partial charge in [0, 0.05) is 37.3 Å². The summed E-state index contributed by atoms with van der Waals surface area (Å²) in [5.41, 5.74) is -0.862. The molecule has 4 rings (SSSR count). The molecule has 9 heteroatoms. The van der Waals surface area contributed by atoms with E-state index in [-0.39, 0.29) is 23.1 Å². The second-order valence-electron chi connectivity index (χ2n) is 7.14. The Hall–Kier alpha value is -2.13. The molecule has 2 aliphatic rings. The quantitative estimate of drug-likeness (QED) is 0.765. The van der Waals surface area contributed by atoms with Crippen LogP contribution in [0.5, 0.6) is 5.75 Å². The number of nitrogens with zero attached hydrogens (tertiary/aromatic N) is 2. The van der Waals surface area contributed by atoms with Gasteiger partial charge in [-0.2, -0.15) is 17.5 Å². The van der Waals surface area contributed by atoms with Crippen molar-refractivity contribution >= 4 is 10.0 Å². The van der Waals surface area contributed by atoms with E-state index in [9.17, 15) is 21.6 Å². The van der Waals surface area contributed by atoms with Gasteiger partial charge in [-0.25, -0.2) is 8.42 Å². The minimum Gasteiger partial charge on any atom is -0.490 e. The van der Waals surface area contributed by atoms with Crippen LogP contribution in [0.25, 0.3) is 0 Å². The zero-order chi connectivity index (χ0) is 19.9. The minimum atomic E-state index is -4.50. The largest absolute Gasteiger partial charge is 0.490 e. The van der Waals surface area contributed by atoms with Gasteiger partial charge in [-0.1, -0.05) is 0 Å². The Balaban J connectivity index is 1.52. The second-order valence-corrected chi connectivity index (χ2v) is 8.98. The number of hydrogen-bond acceptors (Lipinski definition) is 4. The fraction of sp³-hybridized carbons (Fsp3) is 0.421. The fourth-order valence-electron chi connectivity index (χ4n) is 4.12. The number of hydrogen-bond donors (Lipinski definition) is 0. The van der Waals surface area contributed by atoms with Crippen molar-refractivity contribution in [3.63, 3.8) is 0 Å². The lowest BCUT2D eigenvalue weighted by Crippen LogP contribution is -2.49. The van der Waals surface area contributed by atoms with Gasteiger partial charge < -0.3 is 4.74 Å². The van der Waals surface area contributed by atoms with Gasteiger partial charge in [0.15, 0.2) is 0 Å². The SMILES string of the molecule is O=S(=O)(c1ccc(C(F)(F)F)cc1)N1C2CCC1CC(Oc1ccncc1)C2. The van der Waals surface area contributed by atoms with Crippen molar-refractivity contribution < 1.29 is 26.3 Å². The Labute approximate surface area is 161 Å². The number of halogens is 3. The number of ether oxygens (including phenoxy) is 1. The zero-order valence-corrected chi connectivity index (χ0v) is 15.7. The summed E-state index contributed by atoms with van der Waals surface area (Å²) in [5.74, 6) is 0.693. The number of piperidine rings is 1. The summed E-state index contributed by atoms with van der Waals surface area (Å²) in [6.07, 6.45) is 1.23. The van der Waals surface area contributed by atoms with Crippen LogP contribution < -0.4 is 4.74 Å². The molecule has 1 aromatic heterocycles. The van der Waals surface area contributed by atoms with Crippen LogP contribution in [0.1, 0.15) is 31.2 Å². The molecule has 2 saturated heterocycles. The van der Waals surface area contributed by atoms with Crippen LogP contribution in [0.15, 0.2) is 53.7 Å². The van der Waals surface area contributed by atoms with E-state index in [4.69, 9.17) is 4.74 Å². The third-order valence-electron chi connectivity index (χ3n) is 5.33. The summed E-state index contributed by atoms with van der Waals surface area (Å²) < 4.78 is 71.8. The summed E-state index contributed by atoms with van der Waals surface area (Å²) >= 11 is 0. The van der Waals surface area contributed by atoms with Crippen molar-refractivity contribution in [3.05, 3.63) is 54.4 Å². The molecule has 0 aliphatic carbocycles. The van der Waals surface area contributed by atoms with Gasteiger partial charge in [-0.3, -0.25) is 4.98 Å². The molecule has 0 saturated carbocycles. The van der Waals surface area contributed by atoms with Crippen LogP contribution in [0, 0.1) is 0 Å². The first-order valence-corrected chi connectivity index (χ1v) is 10.5. The Bertz CT molecular complexity index is 919. The molecule has 2 aromatic rings. The van der Waals surface area contributed by atoms with Crippen LogP contribution in [-0.4, -0.2) is 35.9 Å². The smallest absolute Gasteiger partial charge is 0.416 e. The average molecular weight is 412 g/mol. The lowest BCUT2D eigenvalue weighted by Gasteiger charge is -2.37. The van der Waals surface area contributed by atoms with Crippen molar-refractivity contribution in [1.82, 2.24) is 9.29 Å². The van der Waals surface area contributed by atoms with Crippen LogP contribution >= 0.6 is 0 Å². The summed E-state index contributed by atoms with van der Waals surface area (Å²) in [4.78, 5) is 3.84. The van der Waals surface area contributed by atoms with Gasteiger partial charge in [-0.05, 0) is 49.2 Å². The second kappa shape index (κ2) is 7.04. The van der Waals surface area contributed by atoms with Gasteiger partial charge in [0.05, 0.1) is 10.5 Å². The molecule has 0 spiro atoms. The van der Waals surface area contributed by atoms with E-state index in [1.54, 1.807) is 24.5 Å². The van der Waals surface area contributed by atoms with Gasteiger partial charge >= 0.3 is 6.18 Å². The van der Waals surface area contributed by atoms with E-state index in [2.05, 4.69) is 4.98 Å². The van der Waals surface area contributed by atoms with E-state index in [0.29, 0.717) is 18.6 Å². The molecule has 1 aromatic carbocycles. The summed E-state index contributed by atoms with van der Waals surface area (Å²) in [6.45, 7) is 0. The number of benzene rings is 1. The Morgan fingerprint density at radius 2 is 1.54 bits per heavy atom. The highest BCUT2D eigenvalue weighted by Gasteiger charge is 2.48. The Morgan fingerprint density at radius 3 is 2.07 bits per heavy atom. The normalized spacial score (nSPS) is 25.6. The molecule has 150 valence electrons. The fourth-order valence-corrected chi connectivity index (χ4v) is 6.01. The third-order valence-corrected chi connectivity index (χ3v) is 7.35. The summed E-state index contributed by atoms with van der Waals surface area (Å²) in [7, 11) is -3.86. The molecule has 3 heterocycles. The minimum absolute atomic E-state index is 0.0982. The molecule has 0 amide bonds. The molecule has 2 unspecified atom stereocenters. The predicted octanol–water partition coefficient (Wildman–Crippen LogP) is 3.86. The van der Waals surface area contributed by atoms with E-state index in [1.807, 2.05) is 0 Å². The van der Waals surface area contributed by atoms with Gasteiger partial charge in [0.2, 0.25) is 10.0 Å².